The predicted octanol–water partition coefficient (Wildman–Crippen LogP) is 1.54. The smallest absolute Gasteiger partial charge is 0.0223 e. The van der Waals surface area contributed by atoms with Gasteiger partial charge in [-0.3, -0.25) is 4.90 Å². The van der Waals surface area contributed by atoms with E-state index in [-0.39, 0.29) is 0 Å². The maximum atomic E-state index is 3.41. The van der Waals surface area contributed by atoms with Crippen LogP contribution >= 0.6 is 0 Å². The zero-order valence-electron chi connectivity index (χ0n) is 11.6. The summed E-state index contributed by atoms with van der Waals surface area (Å²) < 4.78 is 0. The second kappa shape index (κ2) is 6.72. The Hall–Kier alpha value is -0.120. The number of nitrogens with one attached hydrogen (secondary N) is 1. The number of fused-ring (bicyclic) bond motifs is 2. The van der Waals surface area contributed by atoms with Gasteiger partial charge in [0.15, 0.2) is 0 Å². The van der Waals surface area contributed by atoms with E-state index in [1.165, 1.54) is 58.3 Å². The van der Waals surface area contributed by atoms with Gasteiger partial charge in [0.1, 0.15) is 0 Å². The van der Waals surface area contributed by atoms with Crippen LogP contribution in [0, 0.1) is 0 Å². The molecule has 17 heavy (non-hydrogen) atoms. The van der Waals surface area contributed by atoms with Crippen molar-refractivity contribution in [3.05, 3.63) is 0 Å². The first kappa shape index (κ1) is 13.3. The number of hydrogen-bond acceptors (Lipinski definition) is 3. The summed E-state index contributed by atoms with van der Waals surface area (Å²) in [6, 6.07) is 1.73. The fourth-order valence-corrected chi connectivity index (χ4v) is 3.34. The van der Waals surface area contributed by atoms with Gasteiger partial charge in [0.2, 0.25) is 0 Å². The Morgan fingerprint density at radius 3 is 2.76 bits per heavy atom. The second-order valence-corrected chi connectivity index (χ2v) is 5.70. The molecule has 2 heterocycles. The monoisotopic (exact) mass is 239 g/mol. The lowest BCUT2D eigenvalue weighted by molar-refractivity contribution is 0.217. The van der Waals surface area contributed by atoms with E-state index in [1.54, 1.807) is 0 Å². The van der Waals surface area contributed by atoms with Crippen molar-refractivity contribution in [2.45, 2.75) is 51.1 Å². The minimum atomic E-state index is 0.844. The highest BCUT2D eigenvalue weighted by atomic mass is 15.3. The molecule has 0 spiro atoms. The third kappa shape index (κ3) is 3.67. The molecule has 2 aliphatic heterocycles. The van der Waals surface area contributed by atoms with Crippen molar-refractivity contribution in [3.63, 3.8) is 0 Å². The zero-order chi connectivity index (χ0) is 12.1. The number of hydrogen-bond donors (Lipinski definition) is 1. The van der Waals surface area contributed by atoms with E-state index in [9.17, 15) is 0 Å². The Balaban J connectivity index is 1.65. The van der Waals surface area contributed by atoms with E-state index in [1.807, 2.05) is 0 Å². The zero-order valence-corrected chi connectivity index (χ0v) is 11.6. The van der Waals surface area contributed by atoms with Gasteiger partial charge in [0.25, 0.3) is 0 Å². The summed E-state index contributed by atoms with van der Waals surface area (Å²) in [4.78, 5) is 5.34. The lowest BCUT2D eigenvalue weighted by atomic mass is 10.1. The molecule has 0 radical (unpaired) electrons. The number of unbranched alkanes of at least 4 members (excludes halogenated alkanes) is 1. The van der Waals surface area contributed by atoms with Gasteiger partial charge in [-0.1, -0.05) is 6.92 Å². The second-order valence-electron chi connectivity index (χ2n) is 5.70. The summed E-state index contributed by atoms with van der Waals surface area (Å²) in [6.45, 7) is 8.43. The number of nitrogens with zero attached hydrogens (tertiary/aromatic N) is 2. The Kier molecular flexibility index (Phi) is 5.26. The van der Waals surface area contributed by atoms with Crippen LogP contribution in [0.5, 0.6) is 0 Å². The summed E-state index contributed by atoms with van der Waals surface area (Å²) >= 11 is 0. The summed E-state index contributed by atoms with van der Waals surface area (Å²) in [7, 11) is 2.33. The molecule has 0 aromatic rings. The third-order valence-corrected chi connectivity index (χ3v) is 4.56. The molecular formula is C14H29N3. The molecule has 0 saturated carbocycles. The van der Waals surface area contributed by atoms with Crippen LogP contribution in [0.3, 0.4) is 0 Å². The van der Waals surface area contributed by atoms with Crippen molar-refractivity contribution >= 4 is 0 Å². The molecule has 2 atom stereocenters. The highest BCUT2D eigenvalue weighted by molar-refractivity contribution is 4.90. The Bertz CT molecular complexity index is 220. The fraction of sp³-hybridized carbons (Fsp3) is 1.00. The predicted molar refractivity (Wildman–Crippen MR) is 73.4 cm³/mol. The lowest BCUT2D eigenvalue weighted by Crippen LogP contribution is -2.37. The molecule has 2 fully saturated rings. The van der Waals surface area contributed by atoms with E-state index < -0.39 is 0 Å². The third-order valence-electron chi connectivity index (χ3n) is 4.56. The van der Waals surface area contributed by atoms with Crippen LogP contribution in [0.15, 0.2) is 0 Å². The molecule has 2 unspecified atom stereocenters. The van der Waals surface area contributed by atoms with E-state index >= 15 is 0 Å². The fourth-order valence-electron chi connectivity index (χ4n) is 3.34. The average molecular weight is 239 g/mol. The Morgan fingerprint density at radius 2 is 1.94 bits per heavy atom. The molecule has 1 N–H and O–H groups in total. The highest BCUT2D eigenvalue weighted by Gasteiger charge is 2.34. The SMILES string of the molecule is CCNCCCCN1CCC2CCC(C1)N2C. The molecule has 0 aromatic carbocycles. The van der Waals surface area contributed by atoms with Crippen molar-refractivity contribution < 1.29 is 0 Å². The summed E-state index contributed by atoms with van der Waals surface area (Å²) in [5.41, 5.74) is 0. The summed E-state index contributed by atoms with van der Waals surface area (Å²) in [5.74, 6) is 0. The van der Waals surface area contributed by atoms with Crippen LogP contribution in [-0.4, -0.2) is 61.7 Å². The van der Waals surface area contributed by atoms with E-state index in [0.29, 0.717) is 0 Å². The van der Waals surface area contributed by atoms with Gasteiger partial charge >= 0.3 is 0 Å². The number of likely N-dealkylation sites (tertiary alicyclic amines) is 1. The molecule has 3 nitrogen and oxygen atoms in total. The van der Waals surface area contributed by atoms with Crippen molar-refractivity contribution in [2.75, 3.05) is 39.8 Å². The molecule has 3 heteroatoms. The normalized spacial score (nSPS) is 30.7. The van der Waals surface area contributed by atoms with E-state index in [2.05, 4.69) is 29.1 Å². The minimum Gasteiger partial charge on any atom is -0.317 e. The Labute approximate surface area is 107 Å². The maximum Gasteiger partial charge on any atom is 0.0223 e. The quantitative estimate of drug-likeness (QED) is 0.710. The van der Waals surface area contributed by atoms with Gasteiger partial charge in [-0.05, 0) is 65.3 Å². The largest absolute Gasteiger partial charge is 0.317 e. The van der Waals surface area contributed by atoms with Crippen LogP contribution in [0.25, 0.3) is 0 Å². The van der Waals surface area contributed by atoms with Crippen LogP contribution < -0.4 is 5.32 Å². The van der Waals surface area contributed by atoms with Crippen LogP contribution in [0.2, 0.25) is 0 Å². The molecule has 2 saturated heterocycles. The number of rotatable bonds is 6. The van der Waals surface area contributed by atoms with Gasteiger partial charge in [-0.15, -0.1) is 0 Å². The molecule has 0 aliphatic carbocycles. The maximum absolute atomic E-state index is 3.41. The molecule has 2 rings (SSSR count). The van der Waals surface area contributed by atoms with Crippen LogP contribution in [-0.2, 0) is 0 Å². The minimum absolute atomic E-state index is 0.844. The number of likely N-dealkylation sites (N-methyl/N-ethyl adjacent to an activating group) is 1. The first-order valence-electron chi connectivity index (χ1n) is 7.46. The lowest BCUT2D eigenvalue weighted by Gasteiger charge is -2.25. The standard InChI is InChI=1S/C14H29N3/c1-3-15-9-4-5-10-17-11-8-13-6-7-14(12-17)16(13)2/h13-15H,3-12H2,1-2H3. The van der Waals surface area contributed by atoms with Crippen molar-refractivity contribution in [2.24, 2.45) is 0 Å². The van der Waals surface area contributed by atoms with Gasteiger partial charge in [0, 0.05) is 18.6 Å². The average Bonchev–Trinajstić information content (AvgIpc) is 2.56. The van der Waals surface area contributed by atoms with Crippen molar-refractivity contribution in [3.8, 4) is 0 Å². The molecule has 2 aliphatic rings. The van der Waals surface area contributed by atoms with Gasteiger partial charge in [-0.25, -0.2) is 0 Å². The van der Waals surface area contributed by atoms with Gasteiger partial charge < -0.3 is 10.2 Å². The van der Waals surface area contributed by atoms with Crippen molar-refractivity contribution in [1.29, 1.82) is 0 Å². The first-order valence-corrected chi connectivity index (χ1v) is 7.46. The molecule has 0 amide bonds. The Morgan fingerprint density at radius 1 is 1.12 bits per heavy atom. The molecular weight excluding hydrogens is 210 g/mol. The van der Waals surface area contributed by atoms with Crippen LogP contribution in [0.4, 0.5) is 0 Å². The van der Waals surface area contributed by atoms with E-state index in [4.69, 9.17) is 0 Å². The highest BCUT2D eigenvalue weighted by Crippen LogP contribution is 2.28. The van der Waals surface area contributed by atoms with Crippen molar-refractivity contribution in [1.82, 2.24) is 15.1 Å². The summed E-state index contributed by atoms with van der Waals surface area (Å²) in [5, 5.41) is 3.41. The van der Waals surface area contributed by atoms with Gasteiger partial charge in [0.05, 0.1) is 0 Å². The van der Waals surface area contributed by atoms with Gasteiger partial charge in [-0.2, -0.15) is 0 Å². The van der Waals surface area contributed by atoms with E-state index in [0.717, 1.165) is 18.6 Å². The topological polar surface area (TPSA) is 18.5 Å². The molecule has 2 bridgehead atoms. The molecule has 0 aromatic heterocycles. The van der Waals surface area contributed by atoms with Crippen LogP contribution in [0.1, 0.15) is 39.0 Å². The molecule has 100 valence electrons. The summed E-state index contributed by atoms with van der Waals surface area (Å²) in [6.07, 6.45) is 6.94. The first-order chi connectivity index (χ1) is 8.31.